The van der Waals surface area contributed by atoms with E-state index in [1.54, 1.807) is 19.4 Å². The van der Waals surface area contributed by atoms with Crippen LogP contribution in [0.2, 0.25) is 0 Å². The van der Waals surface area contributed by atoms with Crippen molar-refractivity contribution in [2.24, 2.45) is 4.99 Å². The Labute approximate surface area is 89.2 Å². The average molecular weight is 208 g/mol. The van der Waals surface area contributed by atoms with E-state index in [0.29, 0.717) is 0 Å². The first kappa shape index (κ1) is 11.7. The van der Waals surface area contributed by atoms with Gasteiger partial charge in [0.2, 0.25) is 0 Å². The SMILES string of the molecule is CCN=C(C)c1ccc(=O)n(COC)c1. The van der Waals surface area contributed by atoms with Crippen molar-refractivity contribution in [3.05, 3.63) is 34.2 Å². The lowest BCUT2D eigenvalue weighted by Crippen LogP contribution is -2.20. The number of nitrogens with zero attached hydrogens (tertiary/aromatic N) is 2. The molecule has 0 aromatic carbocycles. The fraction of sp³-hybridized carbons (Fsp3) is 0.455. The Bertz CT molecular complexity index is 407. The van der Waals surface area contributed by atoms with Crippen molar-refractivity contribution in [3.63, 3.8) is 0 Å². The minimum atomic E-state index is -0.0649. The van der Waals surface area contributed by atoms with Gasteiger partial charge >= 0.3 is 0 Å². The molecule has 0 saturated carbocycles. The van der Waals surface area contributed by atoms with E-state index in [4.69, 9.17) is 4.74 Å². The maximum Gasteiger partial charge on any atom is 0.252 e. The zero-order chi connectivity index (χ0) is 11.3. The molecule has 0 N–H and O–H groups in total. The second kappa shape index (κ2) is 5.46. The van der Waals surface area contributed by atoms with Crippen molar-refractivity contribution in [1.82, 2.24) is 4.57 Å². The number of methoxy groups -OCH3 is 1. The lowest BCUT2D eigenvalue weighted by atomic mass is 10.2. The van der Waals surface area contributed by atoms with E-state index in [9.17, 15) is 4.79 Å². The molecule has 4 nitrogen and oxygen atoms in total. The Kier molecular flexibility index (Phi) is 4.24. The molecule has 1 aromatic rings. The van der Waals surface area contributed by atoms with Gasteiger partial charge in [-0.2, -0.15) is 0 Å². The van der Waals surface area contributed by atoms with Crippen LogP contribution in [0.25, 0.3) is 0 Å². The lowest BCUT2D eigenvalue weighted by molar-refractivity contribution is 0.128. The summed E-state index contributed by atoms with van der Waals surface area (Å²) >= 11 is 0. The van der Waals surface area contributed by atoms with Gasteiger partial charge in [0.05, 0.1) is 0 Å². The molecule has 0 unspecified atom stereocenters. The summed E-state index contributed by atoms with van der Waals surface area (Å²) < 4.78 is 6.44. The van der Waals surface area contributed by atoms with Crippen molar-refractivity contribution in [2.45, 2.75) is 20.6 Å². The Morgan fingerprint density at radius 2 is 2.27 bits per heavy atom. The predicted octanol–water partition coefficient (Wildman–Crippen LogP) is 1.28. The van der Waals surface area contributed by atoms with Crippen LogP contribution in [0, 0.1) is 0 Å². The van der Waals surface area contributed by atoms with Gasteiger partial charge in [-0.1, -0.05) is 0 Å². The smallest absolute Gasteiger partial charge is 0.252 e. The van der Waals surface area contributed by atoms with Crippen LogP contribution in [0.4, 0.5) is 0 Å². The largest absolute Gasteiger partial charge is 0.364 e. The molecule has 4 heteroatoms. The Hall–Kier alpha value is -1.42. The molecule has 0 aliphatic rings. The van der Waals surface area contributed by atoms with Gasteiger partial charge in [0, 0.05) is 37.2 Å². The standard InChI is InChI=1S/C11H16N2O2/c1-4-12-9(2)10-5-6-11(14)13(7-10)8-15-3/h5-7H,4,8H2,1-3H3. The van der Waals surface area contributed by atoms with Gasteiger partial charge in [0.25, 0.3) is 5.56 Å². The minimum Gasteiger partial charge on any atom is -0.364 e. The second-order valence-electron chi connectivity index (χ2n) is 3.20. The van der Waals surface area contributed by atoms with Gasteiger partial charge in [0.15, 0.2) is 0 Å². The normalized spacial score (nSPS) is 11.8. The van der Waals surface area contributed by atoms with Crippen LogP contribution in [-0.2, 0) is 11.5 Å². The molecule has 1 aromatic heterocycles. The summed E-state index contributed by atoms with van der Waals surface area (Å²) in [5.41, 5.74) is 1.82. The minimum absolute atomic E-state index is 0.0649. The zero-order valence-electron chi connectivity index (χ0n) is 9.36. The molecule has 0 bridgehead atoms. The number of pyridine rings is 1. The van der Waals surface area contributed by atoms with Gasteiger partial charge in [0.1, 0.15) is 6.73 Å². The second-order valence-corrected chi connectivity index (χ2v) is 3.20. The summed E-state index contributed by atoms with van der Waals surface area (Å²) in [6, 6.07) is 3.31. The summed E-state index contributed by atoms with van der Waals surface area (Å²) in [4.78, 5) is 15.7. The number of aromatic nitrogens is 1. The molecule has 0 aliphatic carbocycles. The number of hydrogen-bond acceptors (Lipinski definition) is 3. The third-order valence-corrected chi connectivity index (χ3v) is 2.06. The summed E-state index contributed by atoms with van der Waals surface area (Å²) in [5.74, 6) is 0. The number of aliphatic imine (C=N–C) groups is 1. The van der Waals surface area contributed by atoms with Crippen LogP contribution in [0.15, 0.2) is 28.1 Å². The molecule has 0 saturated heterocycles. The topological polar surface area (TPSA) is 43.6 Å². The van der Waals surface area contributed by atoms with Crippen molar-refractivity contribution >= 4 is 5.71 Å². The molecule has 0 spiro atoms. The van der Waals surface area contributed by atoms with Crippen LogP contribution in [0.1, 0.15) is 19.4 Å². The monoisotopic (exact) mass is 208 g/mol. The van der Waals surface area contributed by atoms with Gasteiger partial charge in [-0.3, -0.25) is 14.4 Å². The first-order chi connectivity index (χ1) is 7.19. The maximum atomic E-state index is 11.4. The van der Waals surface area contributed by atoms with E-state index in [1.165, 1.54) is 10.6 Å². The van der Waals surface area contributed by atoms with Crippen LogP contribution < -0.4 is 5.56 Å². The van der Waals surface area contributed by atoms with Gasteiger partial charge in [-0.05, 0) is 19.9 Å². The van der Waals surface area contributed by atoms with Crippen LogP contribution in [0.3, 0.4) is 0 Å². The van der Waals surface area contributed by atoms with Crippen LogP contribution in [0.5, 0.6) is 0 Å². The summed E-state index contributed by atoms with van der Waals surface area (Å²) in [6.07, 6.45) is 1.76. The molecule has 1 rings (SSSR count). The zero-order valence-corrected chi connectivity index (χ0v) is 9.36. The van der Waals surface area contributed by atoms with E-state index in [1.807, 2.05) is 13.8 Å². The van der Waals surface area contributed by atoms with Gasteiger partial charge in [-0.15, -0.1) is 0 Å². The molecule has 0 fully saturated rings. The van der Waals surface area contributed by atoms with Crippen molar-refractivity contribution < 1.29 is 4.74 Å². The van der Waals surface area contributed by atoms with E-state index >= 15 is 0 Å². The van der Waals surface area contributed by atoms with Crippen molar-refractivity contribution in [1.29, 1.82) is 0 Å². The lowest BCUT2D eigenvalue weighted by Gasteiger charge is -2.06. The number of rotatable bonds is 4. The molecule has 0 atom stereocenters. The van der Waals surface area contributed by atoms with Crippen LogP contribution >= 0.6 is 0 Å². The molecule has 0 aliphatic heterocycles. The highest BCUT2D eigenvalue weighted by atomic mass is 16.5. The average Bonchev–Trinajstić information content (AvgIpc) is 2.22. The summed E-state index contributed by atoms with van der Waals surface area (Å²) in [7, 11) is 1.56. The predicted molar refractivity (Wildman–Crippen MR) is 60.5 cm³/mol. The van der Waals surface area contributed by atoms with Crippen molar-refractivity contribution in [3.8, 4) is 0 Å². The molecular formula is C11H16N2O2. The molecular weight excluding hydrogens is 192 g/mol. The highest BCUT2D eigenvalue weighted by molar-refractivity contribution is 5.98. The molecule has 1 heterocycles. The van der Waals surface area contributed by atoms with Crippen LogP contribution in [-0.4, -0.2) is 23.9 Å². The molecule has 15 heavy (non-hydrogen) atoms. The summed E-state index contributed by atoms with van der Waals surface area (Å²) in [6.45, 7) is 4.93. The van der Waals surface area contributed by atoms with Crippen molar-refractivity contribution in [2.75, 3.05) is 13.7 Å². The number of hydrogen-bond donors (Lipinski definition) is 0. The van der Waals surface area contributed by atoms with E-state index in [2.05, 4.69) is 4.99 Å². The van der Waals surface area contributed by atoms with E-state index in [0.717, 1.165) is 17.8 Å². The first-order valence-corrected chi connectivity index (χ1v) is 4.90. The Morgan fingerprint density at radius 3 is 2.87 bits per heavy atom. The fourth-order valence-corrected chi connectivity index (χ4v) is 1.31. The molecule has 0 radical (unpaired) electrons. The number of ether oxygens (including phenoxy) is 1. The van der Waals surface area contributed by atoms with Gasteiger partial charge < -0.3 is 4.74 Å². The highest BCUT2D eigenvalue weighted by Gasteiger charge is 2.00. The van der Waals surface area contributed by atoms with E-state index < -0.39 is 0 Å². The third-order valence-electron chi connectivity index (χ3n) is 2.06. The van der Waals surface area contributed by atoms with E-state index in [-0.39, 0.29) is 12.3 Å². The molecule has 0 amide bonds. The third kappa shape index (κ3) is 3.02. The fourth-order valence-electron chi connectivity index (χ4n) is 1.31. The Morgan fingerprint density at radius 1 is 1.53 bits per heavy atom. The summed E-state index contributed by atoms with van der Waals surface area (Å²) in [5, 5.41) is 0. The molecule has 82 valence electrons. The van der Waals surface area contributed by atoms with Gasteiger partial charge in [-0.25, -0.2) is 0 Å². The Balaban J connectivity index is 3.07. The highest BCUT2D eigenvalue weighted by Crippen LogP contribution is 1.99. The quantitative estimate of drug-likeness (QED) is 0.700. The maximum absolute atomic E-state index is 11.4. The first-order valence-electron chi connectivity index (χ1n) is 4.90.